The number of nitrogens with one attached hydrogen (secondary N) is 1. The molecule has 5 nitrogen and oxygen atoms in total. The minimum absolute atomic E-state index is 0.141. The van der Waals surface area contributed by atoms with Crippen LogP contribution >= 0.6 is 11.6 Å². The number of sulfonamides is 1. The predicted molar refractivity (Wildman–Crippen MR) is 88.3 cm³/mol. The quantitative estimate of drug-likeness (QED) is 0.786. The van der Waals surface area contributed by atoms with E-state index in [1.807, 2.05) is 20.8 Å². The van der Waals surface area contributed by atoms with Crippen LogP contribution in [0, 0.1) is 5.92 Å². The third kappa shape index (κ3) is 5.59. The van der Waals surface area contributed by atoms with Crippen LogP contribution in [0.2, 0.25) is 5.02 Å². The van der Waals surface area contributed by atoms with Crippen molar-refractivity contribution in [2.75, 3.05) is 19.6 Å². The van der Waals surface area contributed by atoms with E-state index in [4.69, 9.17) is 11.6 Å². The topological polar surface area (TPSA) is 66.5 Å². The Hall–Kier alpha value is -1.11. The van der Waals surface area contributed by atoms with Crippen LogP contribution in [0.15, 0.2) is 29.2 Å². The van der Waals surface area contributed by atoms with Crippen LogP contribution in [0.5, 0.6) is 0 Å². The molecule has 1 aromatic carbocycles. The minimum atomic E-state index is -3.70. The fraction of sp³-hybridized carbons (Fsp3) is 0.533. The molecule has 22 heavy (non-hydrogen) atoms. The summed E-state index contributed by atoms with van der Waals surface area (Å²) in [6.45, 7) is 6.48. The van der Waals surface area contributed by atoms with Crippen LogP contribution in [0.3, 0.4) is 0 Å². The van der Waals surface area contributed by atoms with Gasteiger partial charge in [-0.25, -0.2) is 8.42 Å². The first-order valence-corrected chi connectivity index (χ1v) is 9.11. The molecule has 1 amide bonds. The molecule has 0 bridgehead atoms. The van der Waals surface area contributed by atoms with Gasteiger partial charge in [0.05, 0.1) is 11.4 Å². The lowest BCUT2D eigenvalue weighted by atomic mass is 10.2. The molecule has 1 aromatic rings. The summed E-state index contributed by atoms with van der Waals surface area (Å²) in [5, 5.41) is 3.21. The first-order chi connectivity index (χ1) is 10.3. The zero-order chi connectivity index (χ0) is 16.8. The second-order valence-corrected chi connectivity index (χ2v) is 7.86. The van der Waals surface area contributed by atoms with Crippen molar-refractivity contribution < 1.29 is 13.2 Å². The van der Waals surface area contributed by atoms with Crippen molar-refractivity contribution in [1.29, 1.82) is 0 Å². The van der Waals surface area contributed by atoms with Crippen molar-refractivity contribution in [1.82, 2.24) is 9.62 Å². The molecular weight excluding hydrogens is 324 g/mol. The van der Waals surface area contributed by atoms with E-state index in [9.17, 15) is 13.2 Å². The maximum atomic E-state index is 12.6. The van der Waals surface area contributed by atoms with Gasteiger partial charge in [0.1, 0.15) is 0 Å². The molecular formula is C15H23ClN2O3S. The molecule has 0 aliphatic rings. The molecule has 0 heterocycles. The number of carbonyl (C=O) groups excluding carboxylic acids is 1. The molecule has 124 valence electrons. The van der Waals surface area contributed by atoms with E-state index in [0.29, 0.717) is 30.5 Å². The Labute approximate surface area is 137 Å². The second kappa shape index (κ2) is 8.50. The number of carbonyl (C=O) groups is 1. The molecule has 7 heteroatoms. The zero-order valence-corrected chi connectivity index (χ0v) is 14.7. The first-order valence-electron chi connectivity index (χ1n) is 7.29. The van der Waals surface area contributed by atoms with Gasteiger partial charge in [-0.15, -0.1) is 0 Å². The van der Waals surface area contributed by atoms with E-state index in [1.54, 1.807) is 0 Å². The maximum absolute atomic E-state index is 12.6. The molecule has 0 saturated carbocycles. The zero-order valence-electron chi connectivity index (χ0n) is 13.2. The van der Waals surface area contributed by atoms with Crippen molar-refractivity contribution in [3.63, 3.8) is 0 Å². The lowest BCUT2D eigenvalue weighted by molar-refractivity contribution is -0.121. The summed E-state index contributed by atoms with van der Waals surface area (Å²) in [7, 11) is -3.70. The number of benzene rings is 1. The van der Waals surface area contributed by atoms with Gasteiger partial charge in [-0.2, -0.15) is 4.31 Å². The summed E-state index contributed by atoms with van der Waals surface area (Å²) >= 11 is 5.79. The lowest BCUT2D eigenvalue weighted by Crippen LogP contribution is -2.41. The normalized spacial score (nSPS) is 11.9. The van der Waals surface area contributed by atoms with E-state index in [1.165, 1.54) is 28.6 Å². The van der Waals surface area contributed by atoms with Gasteiger partial charge in [0, 0.05) is 18.1 Å². The summed E-state index contributed by atoms with van der Waals surface area (Å²) < 4.78 is 26.4. The van der Waals surface area contributed by atoms with Gasteiger partial charge in [-0.1, -0.05) is 32.4 Å². The lowest BCUT2D eigenvalue weighted by Gasteiger charge is -2.21. The third-order valence-corrected chi connectivity index (χ3v) is 5.06. The van der Waals surface area contributed by atoms with E-state index in [0.717, 1.165) is 0 Å². The summed E-state index contributed by atoms with van der Waals surface area (Å²) in [4.78, 5) is 12.1. The summed E-state index contributed by atoms with van der Waals surface area (Å²) in [5.74, 6) is 0.0242. The Bertz CT molecular complexity index is 585. The van der Waals surface area contributed by atoms with Gasteiger partial charge in [-0.05, 0) is 36.6 Å². The molecule has 0 aliphatic heterocycles. The van der Waals surface area contributed by atoms with Crippen LogP contribution < -0.4 is 5.32 Å². The highest BCUT2D eigenvalue weighted by Crippen LogP contribution is 2.18. The van der Waals surface area contributed by atoms with Crippen molar-refractivity contribution in [3.8, 4) is 0 Å². The van der Waals surface area contributed by atoms with E-state index in [2.05, 4.69) is 5.32 Å². The van der Waals surface area contributed by atoms with Crippen LogP contribution in [-0.2, 0) is 14.8 Å². The summed E-state index contributed by atoms with van der Waals surface area (Å²) in [6, 6.07) is 5.95. The Morgan fingerprint density at radius 2 is 1.86 bits per heavy atom. The second-order valence-electron chi connectivity index (χ2n) is 5.49. The number of halogens is 1. The van der Waals surface area contributed by atoms with Gasteiger partial charge in [0.15, 0.2) is 0 Å². The van der Waals surface area contributed by atoms with Gasteiger partial charge < -0.3 is 5.32 Å². The Balaban J connectivity index is 2.88. The van der Waals surface area contributed by atoms with Crippen molar-refractivity contribution in [2.45, 2.75) is 32.1 Å². The average molecular weight is 347 g/mol. The maximum Gasteiger partial charge on any atom is 0.243 e. The van der Waals surface area contributed by atoms with E-state index < -0.39 is 10.0 Å². The third-order valence-electron chi connectivity index (χ3n) is 2.95. The fourth-order valence-corrected chi connectivity index (χ4v) is 3.44. The van der Waals surface area contributed by atoms with Gasteiger partial charge in [-0.3, -0.25) is 4.79 Å². The molecule has 0 unspecified atom stereocenters. The van der Waals surface area contributed by atoms with Crippen LogP contribution in [-0.4, -0.2) is 38.3 Å². The van der Waals surface area contributed by atoms with Gasteiger partial charge in [0.2, 0.25) is 15.9 Å². The average Bonchev–Trinajstić information content (AvgIpc) is 2.45. The number of hydrogen-bond donors (Lipinski definition) is 1. The molecule has 0 radical (unpaired) electrons. The standard InChI is InChI=1S/C15H23ClN2O3S/c1-4-9-18(11-15(19)17-10-12(2)3)22(20,21)14-7-5-13(16)6-8-14/h5-8,12H,4,9-11H2,1-3H3,(H,17,19). The van der Waals surface area contributed by atoms with Gasteiger partial charge in [0.25, 0.3) is 0 Å². The number of hydrogen-bond acceptors (Lipinski definition) is 3. The minimum Gasteiger partial charge on any atom is -0.355 e. The van der Waals surface area contributed by atoms with Crippen molar-refractivity contribution >= 4 is 27.5 Å². The Kier molecular flexibility index (Phi) is 7.32. The molecule has 0 saturated heterocycles. The molecule has 1 N–H and O–H groups in total. The fourth-order valence-electron chi connectivity index (χ4n) is 1.82. The number of nitrogens with zero attached hydrogens (tertiary/aromatic N) is 1. The van der Waals surface area contributed by atoms with Crippen LogP contribution in [0.4, 0.5) is 0 Å². The van der Waals surface area contributed by atoms with Crippen LogP contribution in [0.25, 0.3) is 0 Å². The van der Waals surface area contributed by atoms with Gasteiger partial charge >= 0.3 is 0 Å². The summed E-state index contributed by atoms with van der Waals surface area (Å²) in [5.41, 5.74) is 0. The molecule has 0 atom stereocenters. The van der Waals surface area contributed by atoms with Crippen molar-refractivity contribution in [3.05, 3.63) is 29.3 Å². The monoisotopic (exact) mass is 346 g/mol. The Morgan fingerprint density at radius 1 is 1.27 bits per heavy atom. The highest BCUT2D eigenvalue weighted by atomic mass is 35.5. The van der Waals surface area contributed by atoms with Crippen molar-refractivity contribution in [2.24, 2.45) is 5.92 Å². The molecule has 0 aromatic heterocycles. The van der Waals surface area contributed by atoms with E-state index in [-0.39, 0.29) is 17.3 Å². The largest absolute Gasteiger partial charge is 0.355 e. The first kappa shape index (κ1) is 18.9. The van der Waals surface area contributed by atoms with Crippen LogP contribution in [0.1, 0.15) is 27.2 Å². The highest BCUT2D eigenvalue weighted by Gasteiger charge is 2.25. The smallest absolute Gasteiger partial charge is 0.243 e. The summed E-state index contributed by atoms with van der Waals surface area (Å²) in [6.07, 6.45) is 0.629. The van der Waals surface area contributed by atoms with E-state index >= 15 is 0 Å². The SMILES string of the molecule is CCCN(CC(=O)NCC(C)C)S(=O)(=O)c1ccc(Cl)cc1. The predicted octanol–water partition coefficient (Wildman–Crippen LogP) is 2.51. The molecule has 0 aliphatic carbocycles. The number of amides is 1. The number of rotatable bonds is 8. The molecule has 1 rings (SSSR count). The molecule has 0 spiro atoms. The highest BCUT2D eigenvalue weighted by molar-refractivity contribution is 7.89. The Morgan fingerprint density at radius 3 is 2.36 bits per heavy atom. The molecule has 0 fully saturated rings.